The number of carbonyl (C=O) groups excluding carboxylic acids is 1. The molecule has 2 aromatic carbocycles. The molecular weight excluding hydrogens is 337 g/mol. The fraction of sp³-hybridized carbons (Fsp3) is 0.0588. The Morgan fingerprint density at radius 3 is 2.57 bits per heavy atom. The number of benzene rings is 2. The molecule has 0 aliphatic rings. The van der Waals surface area contributed by atoms with Crippen LogP contribution >= 0.6 is 23.2 Å². The number of fused-ring (bicyclic) bond motifs is 1. The van der Waals surface area contributed by atoms with E-state index < -0.39 is 11.5 Å². The van der Waals surface area contributed by atoms with Crippen LogP contribution in [0.4, 0.5) is 5.69 Å². The van der Waals surface area contributed by atoms with Gasteiger partial charge in [-0.3, -0.25) is 4.79 Å². The van der Waals surface area contributed by atoms with E-state index >= 15 is 0 Å². The number of halogens is 2. The van der Waals surface area contributed by atoms with Gasteiger partial charge >= 0.3 is 5.63 Å². The first kappa shape index (κ1) is 15.6. The minimum Gasteiger partial charge on any atom is -0.422 e. The second-order valence-electron chi connectivity index (χ2n) is 5.07. The summed E-state index contributed by atoms with van der Waals surface area (Å²) in [5.41, 5.74) is 1.11. The first-order valence-corrected chi connectivity index (χ1v) is 7.50. The van der Waals surface area contributed by atoms with Gasteiger partial charge in [0, 0.05) is 11.1 Å². The first-order valence-electron chi connectivity index (χ1n) is 6.75. The molecule has 0 radical (unpaired) electrons. The summed E-state index contributed by atoms with van der Waals surface area (Å²) in [6.45, 7) is 1.92. The van der Waals surface area contributed by atoms with Crippen molar-refractivity contribution < 1.29 is 9.21 Å². The van der Waals surface area contributed by atoms with E-state index in [1.807, 2.05) is 19.1 Å². The van der Waals surface area contributed by atoms with Crippen molar-refractivity contribution in [1.82, 2.24) is 0 Å². The molecule has 3 rings (SSSR count). The highest BCUT2D eigenvalue weighted by atomic mass is 35.5. The number of nitrogens with one attached hydrogen (secondary N) is 1. The topological polar surface area (TPSA) is 59.3 Å². The van der Waals surface area contributed by atoms with E-state index in [1.54, 1.807) is 18.2 Å². The molecule has 0 unspecified atom stereocenters. The van der Waals surface area contributed by atoms with Crippen LogP contribution in [0.5, 0.6) is 0 Å². The Labute approximate surface area is 141 Å². The molecule has 0 fully saturated rings. The second kappa shape index (κ2) is 6.07. The first-order chi connectivity index (χ1) is 10.9. The molecule has 0 saturated heterocycles. The van der Waals surface area contributed by atoms with Gasteiger partial charge in [0.05, 0.1) is 10.0 Å². The molecule has 116 valence electrons. The van der Waals surface area contributed by atoms with Gasteiger partial charge in [0.1, 0.15) is 11.1 Å². The number of aryl methyl sites for hydroxylation is 1. The Bertz CT molecular complexity index is 979. The zero-order chi connectivity index (χ0) is 16.6. The zero-order valence-electron chi connectivity index (χ0n) is 12.0. The largest absolute Gasteiger partial charge is 0.422 e. The third-order valence-electron chi connectivity index (χ3n) is 3.31. The molecule has 0 bridgehead atoms. The van der Waals surface area contributed by atoms with Crippen LogP contribution in [0.3, 0.4) is 0 Å². The summed E-state index contributed by atoms with van der Waals surface area (Å²) in [6.07, 6.45) is 0. The van der Waals surface area contributed by atoms with E-state index in [9.17, 15) is 9.59 Å². The van der Waals surface area contributed by atoms with Crippen molar-refractivity contribution in [3.63, 3.8) is 0 Å². The van der Waals surface area contributed by atoms with E-state index in [1.165, 1.54) is 12.1 Å². The van der Waals surface area contributed by atoms with Crippen LogP contribution < -0.4 is 10.9 Å². The number of hydrogen-bond donors (Lipinski definition) is 1. The lowest BCUT2D eigenvalue weighted by molar-refractivity contribution is 0.102. The molecule has 3 aromatic rings. The van der Waals surface area contributed by atoms with E-state index in [2.05, 4.69) is 5.32 Å². The maximum absolute atomic E-state index is 12.3. The lowest BCUT2D eigenvalue weighted by atomic mass is 10.1. The zero-order valence-corrected chi connectivity index (χ0v) is 13.5. The van der Waals surface area contributed by atoms with Crippen LogP contribution in [0.25, 0.3) is 11.0 Å². The van der Waals surface area contributed by atoms with Crippen LogP contribution in [-0.2, 0) is 0 Å². The lowest BCUT2D eigenvalue weighted by Gasteiger charge is -2.06. The number of carbonyl (C=O) groups is 1. The minimum absolute atomic E-state index is 0.0748. The number of rotatable bonds is 2. The third-order valence-corrected chi connectivity index (χ3v) is 4.05. The van der Waals surface area contributed by atoms with Crippen molar-refractivity contribution in [2.75, 3.05) is 5.32 Å². The summed E-state index contributed by atoms with van der Waals surface area (Å²) in [5.74, 6) is -0.569. The van der Waals surface area contributed by atoms with Crippen LogP contribution in [0, 0.1) is 6.92 Å². The molecule has 1 aromatic heterocycles. The molecule has 1 N–H and O–H groups in total. The molecule has 1 heterocycles. The normalized spacial score (nSPS) is 10.7. The highest BCUT2D eigenvalue weighted by molar-refractivity contribution is 6.42. The monoisotopic (exact) mass is 347 g/mol. The standard InChI is InChI=1S/C17H11Cl2NO3/c1-9-2-5-15-10(6-9)7-12(17(22)23-15)16(21)20-11-3-4-13(18)14(19)8-11/h2-8H,1H3,(H,20,21). The van der Waals surface area contributed by atoms with E-state index in [4.69, 9.17) is 27.6 Å². The molecule has 1 amide bonds. The summed E-state index contributed by atoms with van der Waals surface area (Å²) < 4.78 is 5.19. The van der Waals surface area contributed by atoms with Gasteiger partial charge in [0.25, 0.3) is 5.91 Å². The maximum Gasteiger partial charge on any atom is 0.349 e. The minimum atomic E-state index is -0.695. The van der Waals surface area contributed by atoms with Gasteiger partial charge in [-0.25, -0.2) is 4.79 Å². The van der Waals surface area contributed by atoms with Crippen LogP contribution in [0.15, 0.2) is 51.7 Å². The predicted octanol–water partition coefficient (Wildman–Crippen LogP) is 4.66. The van der Waals surface area contributed by atoms with Gasteiger partial charge in [0.2, 0.25) is 0 Å². The van der Waals surface area contributed by atoms with Crippen LogP contribution in [-0.4, -0.2) is 5.91 Å². The number of amides is 1. The van der Waals surface area contributed by atoms with Crippen molar-refractivity contribution in [2.24, 2.45) is 0 Å². The van der Waals surface area contributed by atoms with Crippen molar-refractivity contribution in [3.05, 3.63) is 74.1 Å². The molecule has 6 heteroatoms. The molecule has 4 nitrogen and oxygen atoms in total. The molecule has 0 atom stereocenters. The van der Waals surface area contributed by atoms with Gasteiger partial charge in [-0.15, -0.1) is 0 Å². The van der Waals surface area contributed by atoms with Gasteiger partial charge in [-0.1, -0.05) is 34.8 Å². The second-order valence-corrected chi connectivity index (χ2v) is 5.89. The SMILES string of the molecule is Cc1ccc2oc(=O)c(C(=O)Nc3ccc(Cl)c(Cl)c3)cc2c1. The molecule has 0 aliphatic carbocycles. The van der Waals surface area contributed by atoms with Crippen LogP contribution in [0.2, 0.25) is 10.0 Å². The molecular formula is C17H11Cl2NO3. The summed E-state index contributed by atoms with van der Waals surface area (Å²) in [6, 6.07) is 11.6. The summed E-state index contributed by atoms with van der Waals surface area (Å²) in [4.78, 5) is 24.3. The van der Waals surface area contributed by atoms with Crippen LogP contribution in [0.1, 0.15) is 15.9 Å². The Morgan fingerprint density at radius 1 is 1.04 bits per heavy atom. The summed E-state index contributed by atoms with van der Waals surface area (Å²) >= 11 is 11.7. The van der Waals surface area contributed by atoms with E-state index in [-0.39, 0.29) is 5.56 Å². The predicted molar refractivity (Wildman–Crippen MR) is 91.6 cm³/mol. The van der Waals surface area contributed by atoms with Gasteiger partial charge in [0.15, 0.2) is 0 Å². The van der Waals surface area contributed by atoms with Gasteiger partial charge < -0.3 is 9.73 Å². The summed E-state index contributed by atoms with van der Waals surface area (Å²) in [7, 11) is 0. The Kier molecular flexibility index (Phi) is 4.11. The van der Waals surface area contributed by atoms with Gasteiger partial charge in [-0.05, 0) is 43.3 Å². The molecule has 0 spiro atoms. The van der Waals surface area contributed by atoms with Crippen molar-refractivity contribution in [1.29, 1.82) is 0 Å². The number of hydrogen-bond acceptors (Lipinski definition) is 3. The average Bonchev–Trinajstić information content (AvgIpc) is 2.50. The highest BCUT2D eigenvalue weighted by Gasteiger charge is 2.14. The van der Waals surface area contributed by atoms with Crippen molar-refractivity contribution in [3.8, 4) is 0 Å². The Morgan fingerprint density at radius 2 is 1.83 bits per heavy atom. The van der Waals surface area contributed by atoms with E-state index in [0.29, 0.717) is 26.7 Å². The third kappa shape index (κ3) is 3.23. The van der Waals surface area contributed by atoms with Gasteiger partial charge in [-0.2, -0.15) is 0 Å². The molecule has 0 saturated carbocycles. The van der Waals surface area contributed by atoms with E-state index in [0.717, 1.165) is 5.56 Å². The quantitative estimate of drug-likeness (QED) is 0.685. The highest BCUT2D eigenvalue weighted by Crippen LogP contribution is 2.25. The fourth-order valence-corrected chi connectivity index (χ4v) is 2.47. The Balaban J connectivity index is 1.98. The maximum atomic E-state index is 12.3. The lowest BCUT2D eigenvalue weighted by Crippen LogP contribution is -2.20. The smallest absolute Gasteiger partial charge is 0.349 e. The summed E-state index contributed by atoms with van der Waals surface area (Å²) in [5, 5.41) is 3.98. The molecule has 23 heavy (non-hydrogen) atoms. The van der Waals surface area contributed by atoms with Crippen molar-refractivity contribution in [2.45, 2.75) is 6.92 Å². The Hall–Kier alpha value is -2.30. The fourth-order valence-electron chi connectivity index (χ4n) is 2.17. The average molecular weight is 348 g/mol. The van der Waals surface area contributed by atoms with Crippen molar-refractivity contribution >= 4 is 45.8 Å². The number of anilines is 1. The molecule has 0 aliphatic heterocycles.